The van der Waals surface area contributed by atoms with Crippen molar-refractivity contribution >= 4 is 44.8 Å². The van der Waals surface area contributed by atoms with Gasteiger partial charge >= 0.3 is 0 Å². The molecule has 8 heteroatoms. The molecule has 0 radical (unpaired) electrons. The van der Waals surface area contributed by atoms with E-state index in [-0.39, 0.29) is 23.2 Å². The van der Waals surface area contributed by atoms with Crippen molar-refractivity contribution < 1.29 is 13.2 Å². The topological polar surface area (TPSA) is 66.5 Å². The summed E-state index contributed by atoms with van der Waals surface area (Å²) in [7, 11) is -3.66. The molecular formula is C14H20Cl2N2O3S. The number of anilines is 1. The summed E-state index contributed by atoms with van der Waals surface area (Å²) in [6, 6.07) is 4.48. The number of rotatable bonds is 8. The SMILES string of the molecule is CCCCCNC(=O)CN(c1cc(Cl)ccc1Cl)S(C)(=O)=O. The number of sulfonamides is 1. The van der Waals surface area contributed by atoms with Crippen molar-refractivity contribution in [1.29, 1.82) is 0 Å². The average Bonchev–Trinajstić information content (AvgIpc) is 2.43. The minimum Gasteiger partial charge on any atom is -0.355 e. The molecule has 0 aliphatic carbocycles. The Morgan fingerprint density at radius 1 is 1.27 bits per heavy atom. The van der Waals surface area contributed by atoms with Crippen LogP contribution in [0, 0.1) is 0 Å². The van der Waals surface area contributed by atoms with Crippen LogP contribution in [0.1, 0.15) is 26.2 Å². The zero-order valence-electron chi connectivity index (χ0n) is 12.6. The van der Waals surface area contributed by atoms with E-state index in [4.69, 9.17) is 23.2 Å². The summed E-state index contributed by atoms with van der Waals surface area (Å²) in [6.45, 7) is 2.26. The highest BCUT2D eigenvalue weighted by atomic mass is 35.5. The maximum Gasteiger partial charge on any atom is 0.240 e. The van der Waals surface area contributed by atoms with Crippen molar-refractivity contribution in [3.63, 3.8) is 0 Å². The molecule has 124 valence electrons. The third kappa shape index (κ3) is 6.02. The van der Waals surface area contributed by atoms with Gasteiger partial charge in [-0.05, 0) is 24.6 Å². The van der Waals surface area contributed by atoms with Crippen molar-refractivity contribution in [2.45, 2.75) is 26.2 Å². The minimum atomic E-state index is -3.66. The van der Waals surface area contributed by atoms with Crippen LogP contribution >= 0.6 is 23.2 Å². The smallest absolute Gasteiger partial charge is 0.240 e. The number of unbranched alkanes of at least 4 members (excludes halogenated alkanes) is 2. The second kappa shape index (κ2) is 8.60. The van der Waals surface area contributed by atoms with E-state index in [9.17, 15) is 13.2 Å². The summed E-state index contributed by atoms with van der Waals surface area (Å²) < 4.78 is 24.9. The zero-order chi connectivity index (χ0) is 16.8. The van der Waals surface area contributed by atoms with E-state index < -0.39 is 10.0 Å². The lowest BCUT2D eigenvalue weighted by Gasteiger charge is -2.23. The predicted octanol–water partition coefficient (Wildman–Crippen LogP) is 3.07. The normalized spacial score (nSPS) is 11.3. The van der Waals surface area contributed by atoms with Crippen LogP contribution in [0.4, 0.5) is 5.69 Å². The first-order valence-electron chi connectivity index (χ1n) is 6.95. The van der Waals surface area contributed by atoms with Gasteiger partial charge in [0.2, 0.25) is 15.9 Å². The number of amides is 1. The highest BCUT2D eigenvalue weighted by Gasteiger charge is 2.23. The Hall–Kier alpha value is -0.980. The standard InChI is InChI=1S/C14H20Cl2N2O3S/c1-3-4-5-8-17-14(19)10-18(22(2,20)21)13-9-11(15)6-7-12(13)16/h6-7,9H,3-5,8,10H2,1-2H3,(H,17,19). The summed E-state index contributed by atoms with van der Waals surface area (Å²) in [6.07, 6.45) is 3.94. The van der Waals surface area contributed by atoms with Crippen LogP contribution in [0.15, 0.2) is 18.2 Å². The second-order valence-electron chi connectivity index (χ2n) is 4.92. The predicted molar refractivity (Wildman–Crippen MR) is 91.2 cm³/mol. The Kier molecular flexibility index (Phi) is 7.45. The van der Waals surface area contributed by atoms with Crippen LogP contribution in [0.3, 0.4) is 0 Å². The van der Waals surface area contributed by atoms with Crippen molar-refractivity contribution in [1.82, 2.24) is 5.32 Å². The van der Waals surface area contributed by atoms with Gasteiger partial charge in [0, 0.05) is 11.6 Å². The number of hydrogen-bond acceptors (Lipinski definition) is 3. The first-order valence-corrected chi connectivity index (χ1v) is 9.55. The van der Waals surface area contributed by atoms with Crippen molar-refractivity contribution in [2.24, 2.45) is 0 Å². The molecule has 1 rings (SSSR count). The molecule has 0 atom stereocenters. The number of hydrogen-bond donors (Lipinski definition) is 1. The molecule has 0 heterocycles. The fourth-order valence-corrected chi connectivity index (χ4v) is 3.14. The molecule has 0 fully saturated rings. The van der Waals surface area contributed by atoms with Gasteiger partial charge in [-0.3, -0.25) is 9.10 Å². The van der Waals surface area contributed by atoms with Crippen LogP contribution in [-0.2, 0) is 14.8 Å². The molecule has 0 saturated heterocycles. The Labute approximate surface area is 141 Å². The van der Waals surface area contributed by atoms with E-state index in [0.717, 1.165) is 29.8 Å². The van der Waals surface area contributed by atoms with Crippen molar-refractivity contribution in [3.8, 4) is 0 Å². The number of nitrogens with one attached hydrogen (secondary N) is 1. The van der Waals surface area contributed by atoms with Crippen LogP contribution in [0.2, 0.25) is 10.0 Å². The number of benzene rings is 1. The van der Waals surface area contributed by atoms with Crippen LogP contribution in [0.5, 0.6) is 0 Å². The van der Waals surface area contributed by atoms with Gasteiger partial charge in [0.1, 0.15) is 6.54 Å². The minimum absolute atomic E-state index is 0.195. The largest absolute Gasteiger partial charge is 0.355 e. The van der Waals surface area contributed by atoms with Gasteiger partial charge in [0.15, 0.2) is 0 Å². The summed E-state index contributed by atoms with van der Waals surface area (Å²) in [5.41, 5.74) is 0.195. The number of nitrogens with zero attached hydrogens (tertiary/aromatic N) is 1. The lowest BCUT2D eigenvalue weighted by Crippen LogP contribution is -2.40. The summed E-state index contributed by atoms with van der Waals surface area (Å²) >= 11 is 11.9. The van der Waals surface area contributed by atoms with E-state index in [0.29, 0.717) is 11.6 Å². The van der Waals surface area contributed by atoms with E-state index in [1.54, 1.807) is 6.07 Å². The summed E-state index contributed by atoms with van der Waals surface area (Å²) in [4.78, 5) is 11.9. The van der Waals surface area contributed by atoms with Gasteiger partial charge in [0.05, 0.1) is 17.0 Å². The molecule has 0 aliphatic heterocycles. The molecule has 1 N–H and O–H groups in total. The molecule has 1 aromatic rings. The van der Waals surface area contributed by atoms with E-state index in [1.165, 1.54) is 12.1 Å². The highest BCUT2D eigenvalue weighted by molar-refractivity contribution is 7.92. The van der Waals surface area contributed by atoms with Gasteiger partial charge in [0.25, 0.3) is 0 Å². The maximum atomic E-state index is 12.0. The molecule has 0 spiro atoms. The van der Waals surface area contributed by atoms with E-state index in [1.807, 2.05) is 0 Å². The monoisotopic (exact) mass is 366 g/mol. The zero-order valence-corrected chi connectivity index (χ0v) is 14.9. The van der Waals surface area contributed by atoms with Gasteiger partial charge in [-0.25, -0.2) is 8.42 Å². The Balaban J connectivity index is 2.87. The third-order valence-electron chi connectivity index (χ3n) is 2.97. The third-order valence-corrected chi connectivity index (χ3v) is 4.65. The molecular weight excluding hydrogens is 347 g/mol. The van der Waals surface area contributed by atoms with Crippen LogP contribution in [0.25, 0.3) is 0 Å². The second-order valence-corrected chi connectivity index (χ2v) is 7.67. The lowest BCUT2D eigenvalue weighted by molar-refractivity contribution is -0.119. The quantitative estimate of drug-likeness (QED) is 0.718. The molecule has 0 saturated carbocycles. The van der Waals surface area contributed by atoms with Crippen molar-refractivity contribution in [2.75, 3.05) is 23.7 Å². The molecule has 1 aromatic carbocycles. The molecule has 1 amide bonds. The Morgan fingerprint density at radius 3 is 2.55 bits per heavy atom. The Morgan fingerprint density at radius 2 is 1.95 bits per heavy atom. The molecule has 0 aliphatic rings. The first-order chi connectivity index (χ1) is 10.3. The maximum absolute atomic E-state index is 12.0. The van der Waals surface area contributed by atoms with Crippen LogP contribution < -0.4 is 9.62 Å². The van der Waals surface area contributed by atoms with Gasteiger partial charge < -0.3 is 5.32 Å². The molecule has 5 nitrogen and oxygen atoms in total. The molecule has 0 unspecified atom stereocenters. The fourth-order valence-electron chi connectivity index (χ4n) is 1.85. The number of carbonyl (C=O) groups excluding carboxylic acids is 1. The highest BCUT2D eigenvalue weighted by Crippen LogP contribution is 2.30. The van der Waals surface area contributed by atoms with E-state index in [2.05, 4.69) is 12.2 Å². The summed E-state index contributed by atoms with van der Waals surface area (Å²) in [5, 5.41) is 3.26. The molecule has 0 bridgehead atoms. The van der Waals surface area contributed by atoms with Crippen molar-refractivity contribution in [3.05, 3.63) is 28.2 Å². The van der Waals surface area contributed by atoms with Crippen LogP contribution in [-0.4, -0.2) is 33.7 Å². The Bertz CT molecular complexity index is 621. The number of carbonyl (C=O) groups is 1. The first kappa shape index (κ1) is 19.1. The average molecular weight is 367 g/mol. The van der Waals surface area contributed by atoms with Gasteiger partial charge in [-0.15, -0.1) is 0 Å². The fraction of sp³-hybridized carbons (Fsp3) is 0.500. The van der Waals surface area contributed by atoms with Gasteiger partial charge in [-0.2, -0.15) is 0 Å². The van der Waals surface area contributed by atoms with E-state index >= 15 is 0 Å². The lowest BCUT2D eigenvalue weighted by atomic mass is 10.2. The number of halogens is 2. The molecule has 0 aromatic heterocycles. The summed E-state index contributed by atoms with van der Waals surface area (Å²) in [5.74, 6) is -0.377. The molecule has 22 heavy (non-hydrogen) atoms. The van der Waals surface area contributed by atoms with Gasteiger partial charge in [-0.1, -0.05) is 43.0 Å².